The molecular weight excluding hydrogens is 344 g/mol. The number of hydrogen-bond acceptors (Lipinski definition) is 4. The van der Waals surface area contributed by atoms with Gasteiger partial charge in [0.1, 0.15) is 0 Å². The van der Waals surface area contributed by atoms with Crippen molar-refractivity contribution in [3.63, 3.8) is 0 Å². The number of anilines is 1. The molecule has 124 valence electrons. The molecule has 0 radical (unpaired) electrons. The lowest BCUT2D eigenvalue weighted by Gasteiger charge is -2.15. The molecule has 0 aliphatic carbocycles. The molecule has 7 heteroatoms. The summed E-state index contributed by atoms with van der Waals surface area (Å²) in [7, 11) is 0. The van der Waals surface area contributed by atoms with Gasteiger partial charge in [-0.25, -0.2) is 9.97 Å². The molecule has 0 fully saturated rings. The molecule has 1 aromatic carbocycles. The lowest BCUT2D eigenvalue weighted by Crippen LogP contribution is -2.25. The molecule has 1 amide bonds. The van der Waals surface area contributed by atoms with E-state index in [1.165, 1.54) is 11.8 Å². The van der Waals surface area contributed by atoms with E-state index in [2.05, 4.69) is 20.3 Å². The lowest BCUT2D eigenvalue weighted by molar-refractivity contribution is -0.115. The SMILES string of the molecule is CC[C@@H](Sc1nc2ncccc2[nH]1)C(=O)Nc1cccc(Cl)c1C. The molecule has 5 nitrogen and oxygen atoms in total. The molecule has 0 aliphatic heterocycles. The Labute approximate surface area is 149 Å². The van der Waals surface area contributed by atoms with Crippen LogP contribution < -0.4 is 5.32 Å². The van der Waals surface area contributed by atoms with Gasteiger partial charge < -0.3 is 10.3 Å². The van der Waals surface area contributed by atoms with E-state index in [4.69, 9.17) is 11.6 Å². The summed E-state index contributed by atoms with van der Waals surface area (Å²) in [4.78, 5) is 24.4. The first kappa shape index (κ1) is 16.8. The zero-order chi connectivity index (χ0) is 17.1. The van der Waals surface area contributed by atoms with Gasteiger partial charge in [0.05, 0.1) is 10.8 Å². The van der Waals surface area contributed by atoms with Crippen LogP contribution in [0.1, 0.15) is 18.9 Å². The third-order valence-electron chi connectivity index (χ3n) is 3.68. The van der Waals surface area contributed by atoms with Gasteiger partial charge in [-0.2, -0.15) is 0 Å². The summed E-state index contributed by atoms with van der Waals surface area (Å²) in [6.07, 6.45) is 2.38. The number of benzene rings is 1. The molecule has 0 aliphatic rings. The predicted molar refractivity (Wildman–Crippen MR) is 98.6 cm³/mol. The topological polar surface area (TPSA) is 70.7 Å². The fourth-order valence-corrected chi connectivity index (χ4v) is 3.38. The molecule has 2 aromatic heterocycles. The number of aromatic amines is 1. The molecule has 2 heterocycles. The largest absolute Gasteiger partial charge is 0.332 e. The van der Waals surface area contributed by atoms with Crippen LogP contribution in [0.5, 0.6) is 0 Å². The van der Waals surface area contributed by atoms with Gasteiger partial charge in [0, 0.05) is 16.9 Å². The highest BCUT2D eigenvalue weighted by molar-refractivity contribution is 8.00. The average Bonchev–Trinajstić information content (AvgIpc) is 2.99. The van der Waals surface area contributed by atoms with Crippen LogP contribution in [0.3, 0.4) is 0 Å². The molecule has 24 heavy (non-hydrogen) atoms. The molecule has 0 saturated heterocycles. The number of imidazole rings is 1. The monoisotopic (exact) mass is 360 g/mol. The first-order chi connectivity index (χ1) is 11.6. The number of aromatic nitrogens is 3. The number of nitrogens with one attached hydrogen (secondary N) is 2. The second kappa shape index (κ2) is 7.23. The van der Waals surface area contributed by atoms with Crippen molar-refractivity contribution in [2.45, 2.75) is 30.7 Å². The number of hydrogen-bond donors (Lipinski definition) is 2. The quantitative estimate of drug-likeness (QED) is 0.660. The Morgan fingerprint density at radius 3 is 2.96 bits per heavy atom. The van der Waals surface area contributed by atoms with Crippen molar-refractivity contribution in [3.8, 4) is 0 Å². The van der Waals surface area contributed by atoms with E-state index in [0.29, 0.717) is 22.2 Å². The van der Waals surface area contributed by atoms with Gasteiger partial charge in [0.15, 0.2) is 10.8 Å². The highest BCUT2D eigenvalue weighted by Gasteiger charge is 2.21. The number of amides is 1. The summed E-state index contributed by atoms with van der Waals surface area (Å²) in [5, 5.41) is 4.02. The second-order valence-electron chi connectivity index (χ2n) is 5.33. The number of fused-ring (bicyclic) bond motifs is 1. The number of carbonyl (C=O) groups excluding carboxylic acids is 1. The summed E-state index contributed by atoms with van der Waals surface area (Å²) in [5.41, 5.74) is 3.11. The van der Waals surface area contributed by atoms with E-state index in [-0.39, 0.29) is 11.2 Å². The van der Waals surface area contributed by atoms with Crippen molar-refractivity contribution < 1.29 is 4.79 Å². The first-order valence-corrected chi connectivity index (χ1v) is 8.87. The van der Waals surface area contributed by atoms with Gasteiger partial charge >= 0.3 is 0 Å². The van der Waals surface area contributed by atoms with E-state index in [1.54, 1.807) is 12.3 Å². The Bertz CT molecular complexity index is 847. The fraction of sp³-hybridized carbons (Fsp3) is 0.235. The minimum absolute atomic E-state index is 0.0683. The highest BCUT2D eigenvalue weighted by Crippen LogP contribution is 2.27. The summed E-state index contributed by atoms with van der Waals surface area (Å²) >= 11 is 7.51. The van der Waals surface area contributed by atoms with Gasteiger partial charge in [-0.3, -0.25) is 4.79 Å². The van der Waals surface area contributed by atoms with Gasteiger partial charge in [-0.15, -0.1) is 0 Å². The predicted octanol–water partition coefficient (Wildman–Crippen LogP) is 4.43. The normalized spacial score (nSPS) is 12.3. The summed E-state index contributed by atoms with van der Waals surface area (Å²) in [6.45, 7) is 3.86. The van der Waals surface area contributed by atoms with Crippen molar-refractivity contribution in [2.24, 2.45) is 0 Å². The van der Waals surface area contributed by atoms with Crippen LogP contribution in [0, 0.1) is 6.92 Å². The Morgan fingerprint density at radius 1 is 1.38 bits per heavy atom. The number of carbonyl (C=O) groups is 1. The van der Waals surface area contributed by atoms with E-state index >= 15 is 0 Å². The van der Waals surface area contributed by atoms with Crippen LogP contribution in [0.2, 0.25) is 5.02 Å². The maximum atomic E-state index is 12.6. The number of pyridine rings is 1. The van der Waals surface area contributed by atoms with Gasteiger partial charge in [-0.05, 0) is 43.2 Å². The molecule has 0 spiro atoms. The minimum Gasteiger partial charge on any atom is -0.332 e. The number of H-pyrrole nitrogens is 1. The van der Waals surface area contributed by atoms with Crippen molar-refractivity contribution in [3.05, 3.63) is 47.1 Å². The van der Waals surface area contributed by atoms with Crippen molar-refractivity contribution >= 4 is 46.1 Å². The summed E-state index contributed by atoms with van der Waals surface area (Å²) < 4.78 is 0. The standard InChI is InChI=1S/C17H17ClN4OS/c1-3-14(16(23)20-12-7-4-6-11(18)10(12)2)24-17-21-13-8-5-9-19-15(13)22-17/h4-9,14H,3H2,1-2H3,(H,20,23)(H,19,21,22)/t14-/m1/s1. The summed E-state index contributed by atoms with van der Waals surface area (Å²) in [5.74, 6) is -0.0683. The number of halogens is 1. The maximum Gasteiger partial charge on any atom is 0.237 e. The fourth-order valence-electron chi connectivity index (χ4n) is 2.29. The minimum atomic E-state index is -0.260. The van der Waals surface area contributed by atoms with Crippen LogP contribution >= 0.6 is 23.4 Å². The van der Waals surface area contributed by atoms with Crippen LogP contribution in [0.15, 0.2) is 41.7 Å². The van der Waals surface area contributed by atoms with Crippen LogP contribution in [0.25, 0.3) is 11.2 Å². The molecular formula is C17H17ClN4OS. The molecule has 0 saturated carbocycles. The van der Waals surface area contributed by atoms with E-state index < -0.39 is 0 Å². The van der Waals surface area contributed by atoms with E-state index in [9.17, 15) is 4.79 Å². The number of thioether (sulfide) groups is 1. The van der Waals surface area contributed by atoms with E-state index in [1.807, 2.05) is 38.1 Å². The van der Waals surface area contributed by atoms with Gasteiger partial charge in [0.25, 0.3) is 0 Å². The first-order valence-electron chi connectivity index (χ1n) is 7.62. The lowest BCUT2D eigenvalue weighted by atomic mass is 10.2. The van der Waals surface area contributed by atoms with Crippen LogP contribution in [-0.2, 0) is 4.79 Å². The molecule has 2 N–H and O–H groups in total. The molecule has 3 rings (SSSR count). The molecule has 0 unspecified atom stereocenters. The van der Waals surface area contributed by atoms with Crippen molar-refractivity contribution in [1.82, 2.24) is 15.0 Å². The Kier molecular flexibility index (Phi) is 5.06. The molecule has 3 aromatic rings. The maximum absolute atomic E-state index is 12.6. The average molecular weight is 361 g/mol. The Balaban J connectivity index is 1.75. The van der Waals surface area contributed by atoms with Crippen molar-refractivity contribution in [1.29, 1.82) is 0 Å². The third kappa shape index (κ3) is 3.55. The highest BCUT2D eigenvalue weighted by atomic mass is 35.5. The van der Waals surface area contributed by atoms with Crippen molar-refractivity contribution in [2.75, 3.05) is 5.32 Å². The smallest absolute Gasteiger partial charge is 0.237 e. The number of rotatable bonds is 5. The van der Waals surface area contributed by atoms with Crippen LogP contribution in [0.4, 0.5) is 5.69 Å². The van der Waals surface area contributed by atoms with Gasteiger partial charge in [-0.1, -0.05) is 36.4 Å². The summed E-state index contributed by atoms with van der Waals surface area (Å²) in [6, 6.07) is 9.24. The van der Waals surface area contributed by atoms with Crippen LogP contribution in [-0.4, -0.2) is 26.1 Å². The number of nitrogens with zero attached hydrogens (tertiary/aromatic N) is 2. The van der Waals surface area contributed by atoms with E-state index in [0.717, 1.165) is 16.8 Å². The van der Waals surface area contributed by atoms with Gasteiger partial charge in [0.2, 0.25) is 5.91 Å². The second-order valence-corrected chi connectivity index (χ2v) is 6.93. The zero-order valence-electron chi connectivity index (χ0n) is 13.3. The molecule has 1 atom stereocenters. The molecule has 0 bridgehead atoms. The Hall–Kier alpha value is -2.05. The third-order valence-corrected chi connectivity index (χ3v) is 5.34. The zero-order valence-corrected chi connectivity index (χ0v) is 14.9. The Morgan fingerprint density at radius 2 is 2.21 bits per heavy atom.